The van der Waals surface area contributed by atoms with Crippen LogP contribution in [0.15, 0.2) is 12.4 Å². The van der Waals surface area contributed by atoms with Gasteiger partial charge in [-0.3, -0.25) is 9.88 Å². The fraction of sp³-hybridized carbons (Fsp3) is 0.579. The van der Waals surface area contributed by atoms with Crippen LogP contribution >= 0.6 is 0 Å². The van der Waals surface area contributed by atoms with Gasteiger partial charge in [-0.15, -0.1) is 0 Å². The Bertz CT molecular complexity index is 765. The third-order valence-electron chi connectivity index (χ3n) is 5.27. The van der Waals surface area contributed by atoms with Crippen molar-refractivity contribution in [3.63, 3.8) is 0 Å². The number of aromatic nitrogens is 1. The summed E-state index contributed by atoms with van der Waals surface area (Å²) >= 11 is 0. The van der Waals surface area contributed by atoms with Crippen molar-refractivity contribution < 1.29 is 23.5 Å². The monoisotopic (exact) mass is 409 g/mol. The van der Waals surface area contributed by atoms with Crippen molar-refractivity contribution in [3.8, 4) is 11.8 Å². The number of nitrogen functional groups attached to an aromatic ring is 1. The second-order valence-corrected chi connectivity index (χ2v) is 13.1. The molecule has 1 aromatic heterocycles. The number of nitrogens with zero attached hydrogens (tertiary/aromatic N) is 2. The lowest BCUT2D eigenvalue weighted by atomic mass is 10.1. The number of morpholine rings is 1. The van der Waals surface area contributed by atoms with Gasteiger partial charge in [0.25, 0.3) is 0 Å². The Kier molecular flexibility index (Phi) is 6.70. The molecule has 1 aromatic rings. The quantitative estimate of drug-likeness (QED) is 0.588. The van der Waals surface area contributed by atoms with Crippen molar-refractivity contribution in [2.24, 2.45) is 0 Å². The summed E-state index contributed by atoms with van der Waals surface area (Å²) in [5, 5.41) is 9.61. The SMILES string of the molecule is CC(C)(C)[Si](C)(C)OC[C@@H]1CO[C@H](C#Cc2c(N)cncc2F)CN1C(=O)O. The second kappa shape index (κ2) is 8.47. The summed E-state index contributed by atoms with van der Waals surface area (Å²) in [6.45, 7) is 11.1. The minimum absolute atomic E-state index is 0.0269. The van der Waals surface area contributed by atoms with Crippen LogP contribution in [-0.4, -0.2) is 61.3 Å². The lowest BCUT2D eigenvalue weighted by Gasteiger charge is -2.41. The summed E-state index contributed by atoms with van der Waals surface area (Å²) in [5.41, 5.74) is 5.84. The number of hydrogen-bond acceptors (Lipinski definition) is 5. The van der Waals surface area contributed by atoms with Crippen LogP contribution in [0.4, 0.5) is 14.9 Å². The molecule has 28 heavy (non-hydrogen) atoms. The molecule has 1 fully saturated rings. The standard InChI is InChI=1S/C19H28FN3O4Si/c1-19(2,3)28(4,5)27-12-13-11-26-14(10-23(13)18(24)25)6-7-15-16(20)8-22-9-17(15)21/h8-9,13-14H,10-12,21H2,1-5H3,(H,24,25)/t13-,14+/m0/s1. The van der Waals surface area contributed by atoms with E-state index in [-0.39, 0.29) is 36.0 Å². The molecule has 1 saturated heterocycles. The molecule has 0 bridgehead atoms. The van der Waals surface area contributed by atoms with Crippen LogP contribution in [0.25, 0.3) is 0 Å². The van der Waals surface area contributed by atoms with E-state index in [0.29, 0.717) is 0 Å². The van der Waals surface area contributed by atoms with Gasteiger partial charge >= 0.3 is 6.09 Å². The molecule has 1 amide bonds. The van der Waals surface area contributed by atoms with E-state index < -0.39 is 32.4 Å². The molecule has 0 radical (unpaired) electrons. The molecule has 2 heterocycles. The van der Waals surface area contributed by atoms with E-state index >= 15 is 0 Å². The number of pyridine rings is 1. The van der Waals surface area contributed by atoms with Gasteiger partial charge in [0.2, 0.25) is 0 Å². The number of carbonyl (C=O) groups is 1. The van der Waals surface area contributed by atoms with Gasteiger partial charge in [-0.05, 0) is 18.1 Å². The van der Waals surface area contributed by atoms with Gasteiger partial charge in [-0.1, -0.05) is 32.6 Å². The molecule has 0 unspecified atom stereocenters. The minimum Gasteiger partial charge on any atom is -0.465 e. The molecule has 3 N–H and O–H groups in total. The summed E-state index contributed by atoms with van der Waals surface area (Å²) in [7, 11) is -2.01. The van der Waals surface area contributed by atoms with E-state index in [1.165, 1.54) is 11.1 Å². The number of rotatable bonds is 3. The van der Waals surface area contributed by atoms with Gasteiger partial charge in [-0.25, -0.2) is 9.18 Å². The summed E-state index contributed by atoms with van der Waals surface area (Å²) in [5.74, 6) is 4.78. The third-order valence-corrected chi connectivity index (χ3v) is 9.77. The Morgan fingerprint density at radius 2 is 2.18 bits per heavy atom. The summed E-state index contributed by atoms with van der Waals surface area (Å²) in [4.78, 5) is 16.6. The molecule has 1 aliphatic heterocycles. The molecule has 9 heteroatoms. The van der Waals surface area contributed by atoms with E-state index in [2.05, 4.69) is 50.7 Å². The highest BCUT2D eigenvalue weighted by molar-refractivity contribution is 6.74. The average molecular weight is 410 g/mol. The summed E-state index contributed by atoms with van der Waals surface area (Å²) in [6.07, 6.45) is 0.604. The summed E-state index contributed by atoms with van der Waals surface area (Å²) < 4.78 is 25.6. The number of amides is 1. The van der Waals surface area contributed by atoms with Crippen molar-refractivity contribution in [1.82, 2.24) is 9.88 Å². The van der Waals surface area contributed by atoms with E-state index in [9.17, 15) is 14.3 Å². The highest BCUT2D eigenvalue weighted by Crippen LogP contribution is 2.36. The topological polar surface area (TPSA) is 97.9 Å². The Morgan fingerprint density at radius 3 is 2.75 bits per heavy atom. The van der Waals surface area contributed by atoms with E-state index in [4.69, 9.17) is 14.9 Å². The van der Waals surface area contributed by atoms with Crippen molar-refractivity contribution >= 4 is 20.1 Å². The largest absolute Gasteiger partial charge is 0.465 e. The third kappa shape index (κ3) is 5.22. The maximum absolute atomic E-state index is 13.8. The normalized spacial score (nSPS) is 20.4. The number of halogens is 1. The minimum atomic E-state index is -2.01. The molecule has 0 saturated carbocycles. The van der Waals surface area contributed by atoms with Crippen molar-refractivity contribution in [2.75, 3.05) is 25.5 Å². The van der Waals surface area contributed by atoms with Gasteiger partial charge in [0.1, 0.15) is 6.10 Å². The molecule has 2 atom stereocenters. The van der Waals surface area contributed by atoms with E-state index in [1.807, 2.05) is 0 Å². The molecular weight excluding hydrogens is 381 g/mol. The molecular formula is C19H28FN3O4Si. The van der Waals surface area contributed by atoms with Gasteiger partial charge in [0.15, 0.2) is 14.1 Å². The zero-order valence-corrected chi connectivity index (χ0v) is 18.0. The predicted molar refractivity (Wildman–Crippen MR) is 107 cm³/mol. The molecule has 0 aromatic carbocycles. The molecule has 1 aliphatic rings. The molecule has 2 rings (SSSR count). The van der Waals surface area contributed by atoms with Crippen LogP contribution in [0.1, 0.15) is 26.3 Å². The lowest BCUT2D eigenvalue weighted by Crippen LogP contribution is -2.55. The first-order valence-electron chi connectivity index (χ1n) is 9.08. The molecule has 0 aliphatic carbocycles. The predicted octanol–water partition coefficient (Wildman–Crippen LogP) is 2.92. The van der Waals surface area contributed by atoms with E-state index in [0.717, 1.165) is 6.20 Å². The summed E-state index contributed by atoms with van der Waals surface area (Å²) in [6, 6.07) is -0.410. The van der Waals surface area contributed by atoms with Crippen LogP contribution in [0, 0.1) is 17.7 Å². The Morgan fingerprint density at radius 1 is 1.50 bits per heavy atom. The number of anilines is 1. The zero-order valence-electron chi connectivity index (χ0n) is 17.0. The Hall–Kier alpha value is -2.15. The maximum atomic E-state index is 13.8. The van der Waals surface area contributed by atoms with E-state index in [1.54, 1.807) is 0 Å². The van der Waals surface area contributed by atoms with Crippen LogP contribution in [-0.2, 0) is 9.16 Å². The molecule has 154 valence electrons. The van der Waals surface area contributed by atoms with Crippen molar-refractivity contribution in [2.45, 2.75) is 51.0 Å². The fourth-order valence-electron chi connectivity index (χ4n) is 2.41. The molecule has 0 spiro atoms. The van der Waals surface area contributed by atoms with Crippen LogP contribution in [0.5, 0.6) is 0 Å². The van der Waals surface area contributed by atoms with Gasteiger partial charge in [0.05, 0.1) is 49.4 Å². The number of nitrogens with two attached hydrogens (primary N) is 1. The fourth-order valence-corrected chi connectivity index (χ4v) is 3.45. The van der Waals surface area contributed by atoms with Crippen LogP contribution in [0.2, 0.25) is 18.1 Å². The number of hydrogen-bond donors (Lipinski definition) is 2. The first kappa shape index (κ1) is 22.1. The Labute approximate surface area is 166 Å². The van der Waals surface area contributed by atoms with Gasteiger partial charge < -0.3 is 20.0 Å². The smallest absolute Gasteiger partial charge is 0.407 e. The zero-order chi connectivity index (χ0) is 21.1. The highest BCUT2D eigenvalue weighted by Gasteiger charge is 2.39. The highest BCUT2D eigenvalue weighted by atomic mass is 28.4. The molecule has 7 nitrogen and oxygen atoms in total. The van der Waals surface area contributed by atoms with Crippen LogP contribution < -0.4 is 5.73 Å². The van der Waals surface area contributed by atoms with Gasteiger partial charge in [0, 0.05) is 0 Å². The first-order valence-corrected chi connectivity index (χ1v) is 12.0. The number of carboxylic acid groups (broad SMARTS) is 1. The van der Waals surface area contributed by atoms with Gasteiger partial charge in [-0.2, -0.15) is 0 Å². The van der Waals surface area contributed by atoms with Crippen molar-refractivity contribution in [1.29, 1.82) is 0 Å². The second-order valence-electron chi connectivity index (χ2n) is 8.34. The Balaban J connectivity index is 2.07. The lowest BCUT2D eigenvalue weighted by molar-refractivity contribution is -0.0424. The van der Waals surface area contributed by atoms with Crippen molar-refractivity contribution in [3.05, 3.63) is 23.8 Å². The average Bonchev–Trinajstić information content (AvgIpc) is 2.59. The van der Waals surface area contributed by atoms with Crippen LogP contribution in [0.3, 0.4) is 0 Å². The first-order chi connectivity index (χ1) is 12.9. The number of ether oxygens (including phenoxy) is 1. The maximum Gasteiger partial charge on any atom is 0.407 e.